The minimum absolute atomic E-state index is 0.0110. The van der Waals surface area contributed by atoms with E-state index >= 15 is 0 Å². The maximum absolute atomic E-state index is 6.02. The van der Waals surface area contributed by atoms with Gasteiger partial charge in [0.15, 0.2) is 0 Å². The molecule has 0 saturated heterocycles. The van der Waals surface area contributed by atoms with E-state index in [1.165, 1.54) is 5.57 Å². The normalized spacial score (nSPS) is 32.8. The molecule has 0 fully saturated rings. The lowest BCUT2D eigenvalue weighted by Crippen LogP contribution is -2.32. The summed E-state index contributed by atoms with van der Waals surface area (Å²) in [6.07, 6.45) is 9.35. The summed E-state index contributed by atoms with van der Waals surface area (Å²) in [7, 11) is 0. The summed E-state index contributed by atoms with van der Waals surface area (Å²) in [6, 6.07) is 0. The molecule has 0 amide bonds. The van der Waals surface area contributed by atoms with Gasteiger partial charge >= 0.3 is 0 Å². The second-order valence-corrected chi connectivity index (χ2v) is 4.14. The van der Waals surface area contributed by atoms with Crippen LogP contribution in [0.15, 0.2) is 35.2 Å². The van der Waals surface area contributed by atoms with Gasteiger partial charge in [0.05, 0.1) is 0 Å². The third-order valence-electron chi connectivity index (χ3n) is 3.18. The first kappa shape index (κ1) is 8.42. The first-order chi connectivity index (χ1) is 6.13. The Morgan fingerprint density at radius 3 is 2.85 bits per heavy atom. The van der Waals surface area contributed by atoms with E-state index in [9.17, 15) is 0 Å². The summed E-state index contributed by atoms with van der Waals surface area (Å²) in [5.41, 5.74) is 15.2. The van der Waals surface area contributed by atoms with Crippen molar-refractivity contribution in [3.05, 3.63) is 35.2 Å². The molecule has 2 heteroatoms. The van der Waals surface area contributed by atoms with Crippen molar-refractivity contribution in [1.82, 2.24) is 0 Å². The highest BCUT2D eigenvalue weighted by atomic mass is 14.7. The number of hydrogen-bond donors (Lipinski definition) is 2. The Bertz CT molecular complexity index is 323. The summed E-state index contributed by atoms with van der Waals surface area (Å²) < 4.78 is 0. The van der Waals surface area contributed by atoms with E-state index < -0.39 is 0 Å². The van der Waals surface area contributed by atoms with Crippen LogP contribution in [0.5, 0.6) is 0 Å². The van der Waals surface area contributed by atoms with Crippen molar-refractivity contribution in [3.63, 3.8) is 0 Å². The van der Waals surface area contributed by atoms with E-state index in [2.05, 4.69) is 19.1 Å². The number of fused-ring (bicyclic) bond motifs is 1. The molecule has 0 radical (unpaired) electrons. The van der Waals surface area contributed by atoms with Crippen molar-refractivity contribution in [2.75, 3.05) is 0 Å². The first-order valence-electron chi connectivity index (χ1n) is 4.75. The third kappa shape index (κ3) is 1.17. The molecule has 4 N–H and O–H groups in total. The largest absolute Gasteiger partial charge is 0.402 e. The Kier molecular flexibility index (Phi) is 1.72. The van der Waals surface area contributed by atoms with E-state index in [4.69, 9.17) is 11.5 Å². The number of nitrogens with two attached hydrogens (primary N) is 2. The van der Waals surface area contributed by atoms with Crippen molar-refractivity contribution < 1.29 is 0 Å². The van der Waals surface area contributed by atoms with Crippen LogP contribution in [0, 0.1) is 5.41 Å². The molecule has 2 nitrogen and oxygen atoms in total. The number of hydrogen-bond acceptors (Lipinski definition) is 2. The molecule has 0 aromatic rings. The van der Waals surface area contributed by atoms with Crippen molar-refractivity contribution in [2.24, 2.45) is 16.9 Å². The lowest BCUT2D eigenvalue weighted by molar-refractivity contribution is 0.427. The molecule has 0 heterocycles. The number of rotatable bonds is 0. The first-order valence-corrected chi connectivity index (χ1v) is 4.75. The van der Waals surface area contributed by atoms with E-state index in [-0.39, 0.29) is 5.41 Å². The highest BCUT2D eigenvalue weighted by Gasteiger charge is 2.35. The topological polar surface area (TPSA) is 52.0 Å². The van der Waals surface area contributed by atoms with E-state index in [0.717, 1.165) is 30.7 Å². The van der Waals surface area contributed by atoms with Crippen molar-refractivity contribution in [3.8, 4) is 0 Å². The molecule has 2 rings (SSSR count). The fourth-order valence-electron chi connectivity index (χ4n) is 2.23. The molecule has 0 saturated carbocycles. The molecule has 0 aliphatic heterocycles. The zero-order chi connectivity index (χ0) is 9.47. The maximum Gasteiger partial charge on any atom is 0.0333 e. The molecule has 13 heavy (non-hydrogen) atoms. The smallest absolute Gasteiger partial charge is 0.0333 e. The Morgan fingerprint density at radius 1 is 1.31 bits per heavy atom. The van der Waals surface area contributed by atoms with Gasteiger partial charge in [-0.05, 0) is 25.8 Å². The van der Waals surface area contributed by atoms with Crippen LogP contribution >= 0.6 is 0 Å². The van der Waals surface area contributed by atoms with Gasteiger partial charge in [-0.15, -0.1) is 0 Å². The Balaban J connectivity index is 2.44. The fraction of sp³-hybridized carbons (Fsp3) is 0.455. The Labute approximate surface area is 79.0 Å². The zero-order valence-corrected chi connectivity index (χ0v) is 8.01. The molecule has 0 aromatic carbocycles. The van der Waals surface area contributed by atoms with Gasteiger partial charge in [0.2, 0.25) is 0 Å². The van der Waals surface area contributed by atoms with Crippen LogP contribution in [0.25, 0.3) is 0 Å². The van der Waals surface area contributed by atoms with Crippen molar-refractivity contribution in [1.29, 1.82) is 0 Å². The van der Waals surface area contributed by atoms with E-state index in [1.54, 1.807) is 0 Å². The fourth-order valence-corrected chi connectivity index (χ4v) is 2.23. The van der Waals surface area contributed by atoms with Crippen LogP contribution in [0.3, 0.4) is 0 Å². The molecule has 2 aliphatic rings. The second kappa shape index (κ2) is 2.66. The molecular formula is C11H16N2. The molecule has 2 aliphatic carbocycles. The SMILES string of the molecule is CC12CC(N)=CC=C1CCC=C2N. The van der Waals surface area contributed by atoms with Crippen LogP contribution in [-0.2, 0) is 0 Å². The molecule has 0 aromatic heterocycles. The lowest BCUT2D eigenvalue weighted by atomic mass is 9.69. The van der Waals surface area contributed by atoms with Crippen molar-refractivity contribution in [2.45, 2.75) is 26.2 Å². The summed E-state index contributed by atoms with van der Waals surface area (Å²) in [6.45, 7) is 2.18. The van der Waals surface area contributed by atoms with Gasteiger partial charge in [0.25, 0.3) is 0 Å². The summed E-state index contributed by atoms with van der Waals surface area (Å²) >= 11 is 0. The van der Waals surface area contributed by atoms with Gasteiger partial charge in [-0.1, -0.05) is 17.7 Å². The maximum atomic E-state index is 6.02. The zero-order valence-electron chi connectivity index (χ0n) is 8.01. The summed E-state index contributed by atoms with van der Waals surface area (Å²) in [5.74, 6) is 0. The second-order valence-electron chi connectivity index (χ2n) is 4.14. The van der Waals surface area contributed by atoms with Gasteiger partial charge in [0, 0.05) is 23.2 Å². The summed E-state index contributed by atoms with van der Waals surface area (Å²) in [4.78, 5) is 0. The van der Waals surface area contributed by atoms with Crippen molar-refractivity contribution >= 4 is 0 Å². The molecule has 0 spiro atoms. The minimum Gasteiger partial charge on any atom is -0.402 e. The van der Waals surface area contributed by atoms with Crippen LogP contribution in [0.2, 0.25) is 0 Å². The highest BCUT2D eigenvalue weighted by molar-refractivity contribution is 5.38. The van der Waals surface area contributed by atoms with Gasteiger partial charge < -0.3 is 11.5 Å². The van der Waals surface area contributed by atoms with Gasteiger partial charge in [-0.3, -0.25) is 0 Å². The molecule has 0 bridgehead atoms. The highest BCUT2D eigenvalue weighted by Crippen LogP contribution is 2.45. The van der Waals surface area contributed by atoms with Crippen LogP contribution < -0.4 is 11.5 Å². The average Bonchev–Trinajstić information content (AvgIpc) is 2.07. The molecule has 70 valence electrons. The van der Waals surface area contributed by atoms with Gasteiger partial charge in [0.1, 0.15) is 0 Å². The van der Waals surface area contributed by atoms with Gasteiger partial charge in [-0.25, -0.2) is 0 Å². The van der Waals surface area contributed by atoms with Crippen LogP contribution in [0.1, 0.15) is 26.2 Å². The predicted molar refractivity (Wildman–Crippen MR) is 54.6 cm³/mol. The Hall–Kier alpha value is -1.18. The molecular weight excluding hydrogens is 160 g/mol. The lowest BCUT2D eigenvalue weighted by Gasteiger charge is -2.38. The van der Waals surface area contributed by atoms with Gasteiger partial charge in [-0.2, -0.15) is 0 Å². The third-order valence-corrected chi connectivity index (χ3v) is 3.18. The Morgan fingerprint density at radius 2 is 2.08 bits per heavy atom. The predicted octanol–water partition coefficient (Wildman–Crippen LogP) is 1.80. The van der Waals surface area contributed by atoms with E-state index in [1.807, 2.05) is 6.08 Å². The van der Waals surface area contributed by atoms with Crippen LogP contribution in [0.4, 0.5) is 0 Å². The monoisotopic (exact) mass is 176 g/mol. The summed E-state index contributed by atoms with van der Waals surface area (Å²) in [5, 5.41) is 0. The van der Waals surface area contributed by atoms with E-state index in [0.29, 0.717) is 0 Å². The molecule has 1 atom stereocenters. The quantitative estimate of drug-likeness (QED) is 0.591. The molecule has 1 unspecified atom stereocenters. The standard InChI is InChI=1S/C11H16N2/c1-11-7-9(12)6-5-8(11)3-2-4-10(11)13/h4-6H,2-3,7,12-13H2,1H3. The number of allylic oxidation sites excluding steroid dienone is 5. The minimum atomic E-state index is 0.0110. The average molecular weight is 176 g/mol. The van der Waals surface area contributed by atoms with Crippen LogP contribution in [-0.4, -0.2) is 0 Å².